The van der Waals surface area contributed by atoms with Crippen LogP contribution in [0.5, 0.6) is 0 Å². The number of carbonyl (C=O) groups is 2. The van der Waals surface area contributed by atoms with Crippen LogP contribution in [0, 0.1) is 34.6 Å². The fourth-order valence-corrected chi connectivity index (χ4v) is 11.2. The first-order valence-corrected chi connectivity index (χ1v) is 27.6. The number of fused-ring (bicyclic) bond motifs is 1. The van der Waals surface area contributed by atoms with E-state index in [0.717, 1.165) is 67.3 Å². The molecule has 0 radical (unpaired) electrons. The summed E-state index contributed by atoms with van der Waals surface area (Å²) in [5.41, 5.74) is 22.8. The molecule has 0 unspecified atom stereocenters. The largest absolute Gasteiger partial charge is 0.310 e. The fraction of sp³-hybridized carbons (Fsp3) is 0.455. The van der Waals surface area contributed by atoms with Crippen molar-refractivity contribution in [2.24, 2.45) is 0 Å². The Morgan fingerprint density at radius 3 is 1.36 bits per heavy atom. The number of likely N-dealkylation sites (N-methyl/N-ethyl adjacent to an activating group) is 1. The van der Waals surface area contributed by atoms with Crippen LogP contribution in [0.4, 0.5) is 0 Å². The van der Waals surface area contributed by atoms with Gasteiger partial charge in [-0.2, -0.15) is 0 Å². The lowest BCUT2D eigenvalue weighted by Gasteiger charge is -2.24. The van der Waals surface area contributed by atoms with Crippen LogP contribution in [0.1, 0.15) is 186 Å². The highest BCUT2D eigenvalue weighted by Gasteiger charge is 2.47. The van der Waals surface area contributed by atoms with Crippen LogP contribution in [0.2, 0.25) is 0 Å². The molecule has 0 spiro atoms. The van der Waals surface area contributed by atoms with Crippen molar-refractivity contribution in [1.29, 1.82) is 0 Å². The Labute approximate surface area is 423 Å². The SMILES string of the molecule is CCCCCCc1cc(-c2cc(C)c(-c3ccc(C4=C5C(=O)N(C)C(c6ccc(-c7cc(C)c(C)cc7CCCCCC)cc6)=C5C(=O)N4CCCCCC)cc3)cc2CCCCCC)c(C)cc1C. The molecule has 0 aromatic heterocycles. The lowest BCUT2D eigenvalue weighted by atomic mass is 9.85. The molecule has 0 saturated carbocycles. The van der Waals surface area contributed by atoms with E-state index in [4.69, 9.17) is 0 Å². The molecule has 2 heterocycles. The van der Waals surface area contributed by atoms with Crippen LogP contribution in [-0.2, 0) is 28.9 Å². The van der Waals surface area contributed by atoms with Crippen molar-refractivity contribution < 1.29 is 9.59 Å². The third kappa shape index (κ3) is 11.6. The van der Waals surface area contributed by atoms with E-state index in [1.54, 1.807) is 4.90 Å². The summed E-state index contributed by atoms with van der Waals surface area (Å²) in [6.45, 7) is 20.9. The van der Waals surface area contributed by atoms with Crippen LogP contribution >= 0.6 is 0 Å². The van der Waals surface area contributed by atoms with E-state index < -0.39 is 0 Å². The summed E-state index contributed by atoms with van der Waals surface area (Å²) < 4.78 is 0. The molecule has 2 aliphatic heterocycles. The second-order valence-electron chi connectivity index (χ2n) is 20.9. The Kier molecular flexibility index (Phi) is 18.4. The molecule has 4 nitrogen and oxygen atoms in total. The normalized spacial score (nSPS) is 13.7. The zero-order valence-electron chi connectivity index (χ0n) is 44.9. The van der Waals surface area contributed by atoms with E-state index in [-0.39, 0.29) is 11.8 Å². The number of rotatable bonds is 25. The highest BCUT2D eigenvalue weighted by Crippen LogP contribution is 2.47. The predicted molar refractivity (Wildman–Crippen MR) is 299 cm³/mol. The molecular weight excluding hydrogens is 853 g/mol. The molecule has 2 aliphatic rings. The lowest BCUT2D eigenvalue weighted by molar-refractivity contribution is -0.123. The lowest BCUT2D eigenvalue weighted by Crippen LogP contribution is -2.29. The number of unbranched alkanes of at least 4 members (excludes halogenated alkanes) is 12. The smallest absolute Gasteiger partial charge is 0.261 e. The van der Waals surface area contributed by atoms with Crippen LogP contribution in [-0.4, -0.2) is 35.2 Å². The number of hydrogen-bond acceptors (Lipinski definition) is 2. The third-order valence-corrected chi connectivity index (χ3v) is 15.5. The summed E-state index contributed by atoms with van der Waals surface area (Å²) in [5.74, 6) is -0.184. The van der Waals surface area contributed by atoms with Gasteiger partial charge in [0.15, 0.2) is 0 Å². The molecule has 370 valence electrons. The predicted octanol–water partition coefficient (Wildman–Crippen LogP) is 17.6. The van der Waals surface area contributed by atoms with Crippen molar-refractivity contribution in [3.8, 4) is 33.4 Å². The molecular formula is C66H84N2O2. The number of hydrogen-bond donors (Lipinski definition) is 0. The van der Waals surface area contributed by atoms with Gasteiger partial charge in [0.25, 0.3) is 11.8 Å². The topological polar surface area (TPSA) is 40.6 Å². The van der Waals surface area contributed by atoms with Gasteiger partial charge in [0.05, 0.1) is 22.5 Å². The molecule has 4 heteroatoms. The maximum Gasteiger partial charge on any atom is 0.261 e. The first kappa shape index (κ1) is 52.3. The average Bonchev–Trinajstić information content (AvgIpc) is 3.78. The van der Waals surface area contributed by atoms with Gasteiger partial charge in [-0.25, -0.2) is 0 Å². The molecule has 5 aromatic carbocycles. The summed E-state index contributed by atoms with van der Waals surface area (Å²) in [6, 6.07) is 31.9. The Balaban J connectivity index is 1.26. The molecule has 70 heavy (non-hydrogen) atoms. The van der Waals surface area contributed by atoms with Gasteiger partial charge in [-0.15, -0.1) is 0 Å². The van der Waals surface area contributed by atoms with E-state index in [0.29, 0.717) is 23.4 Å². The molecule has 0 N–H and O–H groups in total. The summed E-state index contributed by atoms with van der Waals surface area (Å²) in [7, 11) is 1.83. The van der Waals surface area contributed by atoms with Gasteiger partial charge in [0.2, 0.25) is 0 Å². The minimum Gasteiger partial charge on any atom is -0.310 e. The zero-order chi connectivity index (χ0) is 49.9. The quantitative estimate of drug-likeness (QED) is 0.0547. The van der Waals surface area contributed by atoms with Gasteiger partial charge in [-0.3, -0.25) is 9.59 Å². The van der Waals surface area contributed by atoms with E-state index in [2.05, 4.69) is 147 Å². The number of amides is 2. The summed E-state index contributed by atoms with van der Waals surface area (Å²) >= 11 is 0. The number of benzene rings is 5. The van der Waals surface area contributed by atoms with Crippen molar-refractivity contribution >= 4 is 23.2 Å². The van der Waals surface area contributed by atoms with E-state index in [9.17, 15) is 9.59 Å². The van der Waals surface area contributed by atoms with Gasteiger partial charge in [-0.1, -0.05) is 190 Å². The molecule has 0 atom stereocenters. The molecule has 0 saturated heterocycles. The van der Waals surface area contributed by atoms with E-state index >= 15 is 0 Å². The van der Waals surface area contributed by atoms with Crippen molar-refractivity contribution in [3.63, 3.8) is 0 Å². The van der Waals surface area contributed by atoms with Crippen LogP contribution in [0.3, 0.4) is 0 Å². The summed E-state index contributed by atoms with van der Waals surface area (Å²) in [4.78, 5) is 33.1. The van der Waals surface area contributed by atoms with Crippen LogP contribution in [0.25, 0.3) is 44.8 Å². The highest BCUT2D eigenvalue weighted by molar-refractivity contribution is 6.30. The van der Waals surface area contributed by atoms with E-state index in [1.807, 2.05) is 11.9 Å². The standard InChI is InChI=1S/C66H84N2O2/c1-11-15-19-23-27-54-43-58(48(8)39-47(54)7)60-42-49(9)57(44-56(60)29-25-21-17-13-3)50-30-36-53(37-31-50)64-62-61(66(70)68(64)38-26-22-18-14-4)63(67(10)65(62)69)52-34-32-51(33-35-52)59-41-46(6)45(5)40-55(59)28-24-20-16-12-2/h30-37,39-44H,11-29,38H2,1-10H3. The molecule has 2 amide bonds. The third-order valence-electron chi connectivity index (χ3n) is 15.5. The molecule has 7 rings (SSSR count). The summed E-state index contributed by atoms with van der Waals surface area (Å²) in [5, 5.41) is 0. The van der Waals surface area contributed by atoms with Crippen molar-refractivity contribution in [2.75, 3.05) is 13.6 Å². The van der Waals surface area contributed by atoms with Crippen molar-refractivity contribution in [3.05, 3.63) is 152 Å². The minimum atomic E-state index is -0.115. The molecule has 5 aromatic rings. The fourth-order valence-electron chi connectivity index (χ4n) is 11.2. The zero-order valence-corrected chi connectivity index (χ0v) is 44.9. The van der Waals surface area contributed by atoms with Crippen molar-refractivity contribution in [2.45, 2.75) is 184 Å². The van der Waals surface area contributed by atoms with Gasteiger partial charge in [-0.05, 0) is 169 Å². The van der Waals surface area contributed by atoms with Crippen LogP contribution < -0.4 is 0 Å². The van der Waals surface area contributed by atoms with Gasteiger partial charge in [0.1, 0.15) is 0 Å². The Morgan fingerprint density at radius 2 is 0.786 bits per heavy atom. The minimum absolute atomic E-state index is 0.0689. The van der Waals surface area contributed by atoms with Crippen LogP contribution in [0.15, 0.2) is 96.1 Å². The first-order valence-electron chi connectivity index (χ1n) is 27.6. The highest BCUT2D eigenvalue weighted by atomic mass is 16.2. The average molecular weight is 937 g/mol. The molecule has 0 bridgehead atoms. The summed E-state index contributed by atoms with van der Waals surface area (Å²) in [6.07, 6.45) is 22.3. The van der Waals surface area contributed by atoms with Gasteiger partial charge in [0, 0.05) is 13.6 Å². The Hall–Kier alpha value is -5.48. The number of nitrogens with zero attached hydrogens (tertiary/aromatic N) is 2. The van der Waals surface area contributed by atoms with E-state index in [1.165, 1.54) is 149 Å². The maximum absolute atomic E-state index is 14.9. The molecule has 0 aliphatic carbocycles. The Bertz CT molecular complexity index is 2690. The van der Waals surface area contributed by atoms with Gasteiger partial charge < -0.3 is 9.80 Å². The molecule has 0 fully saturated rings. The number of carbonyl (C=O) groups excluding carboxylic acids is 2. The second-order valence-corrected chi connectivity index (χ2v) is 20.9. The van der Waals surface area contributed by atoms with Gasteiger partial charge >= 0.3 is 0 Å². The Morgan fingerprint density at radius 1 is 0.357 bits per heavy atom. The number of aryl methyl sites for hydroxylation is 8. The maximum atomic E-state index is 14.9. The first-order chi connectivity index (χ1) is 33.9. The second kappa shape index (κ2) is 24.6. The van der Waals surface area contributed by atoms with Crippen molar-refractivity contribution in [1.82, 2.24) is 9.80 Å². The monoisotopic (exact) mass is 937 g/mol.